The zero-order valence-electron chi connectivity index (χ0n) is 7.74. The maximum atomic E-state index is 9.38. The van der Waals surface area contributed by atoms with Gasteiger partial charge in [0.1, 0.15) is 0 Å². The first-order valence-electron chi connectivity index (χ1n) is 4.33. The molecule has 3 nitrogen and oxygen atoms in total. The Morgan fingerprint density at radius 3 is 2.50 bits per heavy atom. The molecule has 0 fully saturated rings. The number of nitrogens with zero attached hydrogens (tertiary/aromatic N) is 1. The van der Waals surface area contributed by atoms with Gasteiger partial charge in [0.25, 0.3) is 0 Å². The quantitative estimate of drug-likeness (QED) is 0.746. The van der Waals surface area contributed by atoms with Gasteiger partial charge >= 0.3 is 0 Å². The van der Waals surface area contributed by atoms with Crippen LogP contribution in [0.15, 0.2) is 36.2 Å². The number of benzene rings is 1. The molecule has 0 saturated heterocycles. The molecule has 14 heavy (non-hydrogen) atoms. The van der Waals surface area contributed by atoms with Gasteiger partial charge in [-0.05, 0) is 17.7 Å². The summed E-state index contributed by atoms with van der Waals surface area (Å²) < 4.78 is 0. The highest BCUT2D eigenvalue weighted by Gasteiger charge is 2.19. The van der Waals surface area contributed by atoms with E-state index in [1.54, 1.807) is 18.1 Å². The highest BCUT2D eigenvalue weighted by atomic mass is 35.5. The molecule has 0 radical (unpaired) electrons. The summed E-state index contributed by atoms with van der Waals surface area (Å²) in [6.45, 7) is 0. The molecule has 1 aromatic rings. The van der Waals surface area contributed by atoms with Crippen molar-refractivity contribution >= 4 is 11.6 Å². The predicted molar refractivity (Wildman–Crippen MR) is 55.8 cm³/mol. The molecule has 1 heterocycles. The molecule has 0 spiro atoms. The second kappa shape index (κ2) is 3.52. The molecule has 2 rings (SSSR count). The molecule has 1 aliphatic rings. The molecule has 1 aliphatic heterocycles. The first-order valence-corrected chi connectivity index (χ1v) is 4.71. The first kappa shape index (κ1) is 9.37. The van der Waals surface area contributed by atoms with E-state index in [-0.39, 0.29) is 11.9 Å². The normalized spacial score (nSPS) is 21.1. The van der Waals surface area contributed by atoms with Crippen molar-refractivity contribution in [1.29, 1.82) is 0 Å². The molecular formula is C10H11ClN2O. The maximum Gasteiger partial charge on any atom is 0.198 e. The number of halogens is 1. The number of rotatable bonds is 1. The van der Waals surface area contributed by atoms with Crippen LogP contribution in [0.5, 0.6) is 0 Å². The molecule has 0 aromatic heterocycles. The number of hydrogen-bond donors (Lipinski definition) is 2. The van der Waals surface area contributed by atoms with Gasteiger partial charge in [-0.25, -0.2) is 5.43 Å². The summed E-state index contributed by atoms with van der Waals surface area (Å²) in [6.07, 6.45) is 1.75. The van der Waals surface area contributed by atoms with Crippen molar-refractivity contribution in [2.75, 3.05) is 7.05 Å². The summed E-state index contributed by atoms with van der Waals surface area (Å²) in [7, 11) is 1.77. The van der Waals surface area contributed by atoms with Gasteiger partial charge in [-0.3, -0.25) is 5.01 Å². The van der Waals surface area contributed by atoms with Crippen LogP contribution in [0.4, 0.5) is 0 Å². The Labute approximate surface area is 87.6 Å². The van der Waals surface area contributed by atoms with Crippen molar-refractivity contribution < 1.29 is 5.11 Å². The van der Waals surface area contributed by atoms with Gasteiger partial charge in [0.2, 0.25) is 0 Å². The maximum absolute atomic E-state index is 9.38. The van der Waals surface area contributed by atoms with E-state index in [1.807, 2.05) is 24.3 Å². The highest BCUT2D eigenvalue weighted by Crippen LogP contribution is 2.23. The summed E-state index contributed by atoms with van der Waals surface area (Å²) in [5.74, 6) is 0.241. The molecule has 74 valence electrons. The molecule has 0 aliphatic carbocycles. The summed E-state index contributed by atoms with van der Waals surface area (Å²) in [6, 6.07) is 7.56. The number of hydrogen-bond acceptors (Lipinski definition) is 3. The third-order valence-corrected chi connectivity index (χ3v) is 2.47. The molecule has 1 aromatic carbocycles. The van der Waals surface area contributed by atoms with E-state index in [4.69, 9.17) is 11.6 Å². The van der Waals surface area contributed by atoms with E-state index in [0.29, 0.717) is 5.02 Å². The van der Waals surface area contributed by atoms with Crippen molar-refractivity contribution in [3.05, 3.63) is 46.8 Å². The van der Waals surface area contributed by atoms with Crippen LogP contribution >= 0.6 is 11.6 Å². The summed E-state index contributed by atoms with van der Waals surface area (Å²) in [4.78, 5) is 0. The molecule has 0 saturated carbocycles. The lowest BCUT2D eigenvalue weighted by molar-refractivity contribution is 0.195. The van der Waals surface area contributed by atoms with Crippen LogP contribution in [0.3, 0.4) is 0 Å². The van der Waals surface area contributed by atoms with Gasteiger partial charge in [0.15, 0.2) is 5.88 Å². The number of hydrazine groups is 1. The van der Waals surface area contributed by atoms with E-state index < -0.39 is 0 Å². The third kappa shape index (κ3) is 1.69. The standard InChI is InChI=1S/C10H11ClN2O/c1-13-10(14)6-9(12-13)7-2-4-8(11)5-3-7/h2-6,9,12,14H,1H3. The van der Waals surface area contributed by atoms with Gasteiger partial charge in [-0.15, -0.1) is 0 Å². The molecule has 0 amide bonds. The topological polar surface area (TPSA) is 35.5 Å². The highest BCUT2D eigenvalue weighted by molar-refractivity contribution is 6.30. The van der Waals surface area contributed by atoms with Crippen LogP contribution < -0.4 is 5.43 Å². The Hall–Kier alpha value is -1.19. The first-order chi connectivity index (χ1) is 6.66. The third-order valence-electron chi connectivity index (χ3n) is 2.22. The van der Waals surface area contributed by atoms with Crippen molar-refractivity contribution in [3.63, 3.8) is 0 Å². The van der Waals surface area contributed by atoms with Gasteiger partial charge in [0.05, 0.1) is 6.04 Å². The van der Waals surface area contributed by atoms with Crippen LogP contribution in [0.1, 0.15) is 11.6 Å². The smallest absolute Gasteiger partial charge is 0.198 e. The average molecular weight is 211 g/mol. The number of nitrogens with one attached hydrogen (secondary N) is 1. The fourth-order valence-corrected chi connectivity index (χ4v) is 1.54. The second-order valence-corrected chi connectivity index (χ2v) is 3.68. The Bertz CT molecular complexity index is 361. The van der Waals surface area contributed by atoms with Gasteiger partial charge in [-0.1, -0.05) is 23.7 Å². The van der Waals surface area contributed by atoms with Crippen molar-refractivity contribution in [3.8, 4) is 0 Å². The summed E-state index contributed by atoms with van der Waals surface area (Å²) in [5, 5.41) is 11.7. The van der Waals surface area contributed by atoms with Crippen LogP contribution in [0.25, 0.3) is 0 Å². The lowest BCUT2D eigenvalue weighted by atomic mass is 10.1. The average Bonchev–Trinajstić information content (AvgIpc) is 2.48. The van der Waals surface area contributed by atoms with E-state index in [0.717, 1.165) is 5.56 Å². The van der Waals surface area contributed by atoms with Gasteiger partial charge in [-0.2, -0.15) is 0 Å². The van der Waals surface area contributed by atoms with Crippen LogP contribution in [0, 0.1) is 0 Å². The van der Waals surface area contributed by atoms with Crippen LogP contribution in [0.2, 0.25) is 5.02 Å². The Balaban J connectivity index is 2.22. The van der Waals surface area contributed by atoms with E-state index in [9.17, 15) is 5.11 Å². The largest absolute Gasteiger partial charge is 0.494 e. The van der Waals surface area contributed by atoms with Crippen LogP contribution in [-0.2, 0) is 0 Å². The number of aliphatic hydroxyl groups excluding tert-OH is 1. The lowest BCUT2D eigenvalue weighted by Gasteiger charge is -2.15. The molecule has 1 unspecified atom stereocenters. The fraction of sp³-hybridized carbons (Fsp3) is 0.200. The predicted octanol–water partition coefficient (Wildman–Crippen LogP) is 2.23. The second-order valence-electron chi connectivity index (χ2n) is 3.24. The minimum Gasteiger partial charge on any atom is -0.494 e. The molecular weight excluding hydrogens is 200 g/mol. The van der Waals surface area contributed by atoms with Crippen LogP contribution in [-0.4, -0.2) is 17.2 Å². The molecule has 0 bridgehead atoms. The number of aliphatic hydroxyl groups is 1. The van der Waals surface area contributed by atoms with Crippen molar-refractivity contribution in [2.24, 2.45) is 0 Å². The Morgan fingerprint density at radius 1 is 1.36 bits per heavy atom. The molecule has 1 atom stereocenters. The van der Waals surface area contributed by atoms with Crippen molar-refractivity contribution in [1.82, 2.24) is 10.4 Å². The SMILES string of the molecule is CN1NC(c2ccc(Cl)cc2)C=C1O. The van der Waals surface area contributed by atoms with Crippen molar-refractivity contribution in [2.45, 2.75) is 6.04 Å². The van der Waals surface area contributed by atoms with E-state index in [1.165, 1.54) is 0 Å². The molecule has 4 heteroatoms. The Kier molecular flexibility index (Phi) is 2.35. The lowest BCUT2D eigenvalue weighted by Crippen LogP contribution is -2.29. The summed E-state index contributed by atoms with van der Waals surface area (Å²) >= 11 is 5.78. The van der Waals surface area contributed by atoms with Gasteiger partial charge in [0, 0.05) is 18.1 Å². The van der Waals surface area contributed by atoms with E-state index in [2.05, 4.69) is 5.43 Å². The summed E-state index contributed by atoms with van der Waals surface area (Å²) in [5.41, 5.74) is 4.16. The zero-order chi connectivity index (χ0) is 10.1. The monoisotopic (exact) mass is 210 g/mol. The minimum atomic E-state index is 0.0252. The van der Waals surface area contributed by atoms with Gasteiger partial charge < -0.3 is 5.11 Å². The van der Waals surface area contributed by atoms with E-state index >= 15 is 0 Å². The Morgan fingerprint density at radius 2 is 2.00 bits per heavy atom. The fourth-order valence-electron chi connectivity index (χ4n) is 1.41. The molecule has 2 N–H and O–H groups in total. The zero-order valence-corrected chi connectivity index (χ0v) is 8.49. The minimum absolute atomic E-state index is 0.0252.